The van der Waals surface area contributed by atoms with Gasteiger partial charge in [-0.15, -0.1) is 11.8 Å². The monoisotopic (exact) mass is 268 g/mol. The summed E-state index contributed by atoms with van der Waals surface area (Å²) >= 11 is 1.94. The van der Waals surface area contributed by atoms with Crippen LogP contribution in [-0.2, 0) is 4.74 Å². The van der Waals surface area contributed by atoms with Gasteiger partial charge in [0.1, 0.15) is 6.26 Å². The minimum absolute atomic E-state index is 0.0326. The number of rotatable bonds is 3. The second-order valence-corrected chi connectivity index (χ2v) is 6.30. The number of oxazole rings is 1. The second kappa shape index (κ2) is 4.59. The van der Waals surface area contributed by atoms with Crippen LogP contribution in [0.5, 0.6) is 0 Å². The summed E-state index contributed by atoms with van der Waals surface area (Å²) in [4.78, 5) is 17.7. The molecule has 0 aliphatic carbocycles. The van der Waals surface area contributed by atoms with Crippen molar-refractivity contribution < 1.29 is 13.9 Å². The normalized spacial score (nSPS) is 25.4. The standard InChI is InChI=1S/C12H16N2O3S/c1-2-17-9-3-12(18-5-9)6-14(7-12)11(15)10-4-16-8-13-10/h4,8-9H,2-3,5-7H2,1H3/t9-/m0/s1. The third kappa shape index (κ3) is 2.03. The zero-order valence-corrected chi connectivity index (χ0v) is 11.1. The minimum atomic E-state index is -0.0326. The average molecular weight is 268 g/mol. The molecule has 6 heteroatoms. The highest BCUT2D eigenvalue weighted by Crippen LogP contribution is 2.46. The Morgan fingerprint density at radius 3 is 3.22 bits per heavy atom. The van der Waals surface area contributed by atoms with E-state index in [0.717, 1.165) is 31.9 Å². The molecular formula is C12H16N2O3S. The number of thioether (sulfide) groups is 1. The van der Waals surface area contributed by atoms with E-state index in [2.05, 4.69) is 4.98 Å². The van der Waals surface area contributed by atoms with Gasteiger partial charge in [0.05, 0.1) is 10.9 Å². The predicted octanol–water partition coefficient (Wildman–Crippen LogP) is 1.41. The first kappa shape index (κ1) is 12.0. The summed E-state index contributed by atoms with van der Waals surface area (Å²) in [5.41, 5.74) is 0.397. The molecular weight excluding hydrogens is 252 g/mol. The zero-order valence-electron chi connectivity index (χ0n) is 10.3. The molecule has 0 bridgehead atoms. The third-order valence-electron chi connectivity index (χ3n) is 3.47. The van der Waals surface area contributed by atoms with E-state index < -0.39 is 0 Å². The summed E-state index contributed by atoms with van der Waals surface area (Å²) in [5, 5.41) is 0. The molecule has 0 saturated carbocycles. The van der Waals surface area contributed by atoms with Crippen molar-refractivity contribution in [2.45, 2.75) is 24.2 Å². The highest BCUT2D eigenvalue weighted by atomic mass is 32.2. The SMILES string of the molecule is CCO[C@@H]1CSC2(C1)CN(C(=O)c1cocn1)C2. The number of hydrogen-bond acceptors (Lipinski definition) is 5. The van der Waals surface area contributed by atoms with Crippen LogP contribution in [0, 0.1) is 0 Å². The molecule has 1 amide bonds. The summed E-state index contributed by atoms with van der Waals surface area (Å²) in [7, 11) is 0. The Bertz CT molecular complexity index is 429. The van der Waals surface area contributed by atoms with Crippen molar-refractivity contribution in [3.05, 3.63) is 18.4 Å². The van der Waals surface area contributed by atoms with Gasteiger partial charge in [0.2, 0.25) is 0 Å². The molecule has 98 valence electrons. The number of likely N-dealkylation sites (tertiary alicyclic amines) is 1. The van der Waals surface area contributed by atoms with Crippen molar-refractivity contribution in [1.82, 2.24) is 9.88 Å². The predicted molar refractivity (Wildman–Crippen MR) is 67.6 cm³/mol. The van der Waals surface area contributed by atoms with Crippen LogP contribution in [0.1, 0.15) is 23.8 Å². The number of nitrogens with zero attached hydrogens (tertiary/aromatic N) is 2. The Morgan fingerprint density at radius 1 is 1.72 bits per heavy atom. The lowest BCUT2D eigenvalue weighted by atomic mass is 9.92. The lowest BCUT2D eigenvalue weighted by Crippen LogP contribution is -2.60. The second-order valence-electron chi connectivity index (χ2n) is 4.81. The molecule has 1 spiro atoms. The number of carbonyl (C=O) groups excluding carboxylic acids is 1. The van der Waals surface area contributed by atoms with Gasteiger partial charge in [0, 0.05) is 25.4 Å². The van der Waals surface area contributed by atoms with E-state index in [0.29, 0.717) is 11.8 Å². The van der Waals surface area contributed by atoms with Gasteiger partial charge in [-0.1, -0.05) is 0 Å². The zero-order chi connectivity index (χ0) is 12.6. The van der Waals surface area contributed by atoms with Gasteiger partial charge in [0.25, 0.3) is 5.91 Å². The molecule has 2 aliphatic heterocycles. The number of aromatic nitrogens is 1. The molecule has 3 rings (SSSR count). The molecule has 2 fully saturated rings. The molecule has 1 aromatic heterocycles. The highest BCUT2D eigenvalue weighted by Gasteiger charge is 2.51. The molecule has 3 heterocycles. The topological polar surface area (TPSA) is 55.6 Å². The summed E-state index contributed by atoms with van der Waals surface area (Å²) in [6, 6.07) is 0. The molecule has 0 unspecified atom stereocenters. The van der Waals surface area contributed by atoms with Crippen molar-refractivity contribution in [2.75, 3.05) is 25.4 Å². The van der Waals surface area contributed by atoms with Crippen molar-refractivity contribution >= 4 is 17.7 Å². The largest absolute Gasteiger partial charge is 0.451 e. The molecule has 2 saturated heterocycles. The van der Waals surface area contributed by atoms with E-state index in [1.165, 1.54) is 12.7 Å². The third-order valence-corrected chi connectivity index (χ3v) is 5.05. The van der Waals surface area contributed by atoms with Crippen molar-refractivity contribution in [3.63, 3.8) is 0 Å². The van der Waals surface area contributed by atoms with Crippen LogP contribution in [0.15, 0.2) is 17.1 Å². The maximum Gasteiger partial charge on any atom is 0.275 e. The minimum Gasteiger partial charge on any atom is -0.451 e. The fourth-order valence-electron chi connectivity index (χ4n) is 2.64. The maximum atomic E-state index is 12.0. The van der Waals surface area contributed by atoms with Gasteiger partial charge in [-0.05, 0) is 13.3 Å². The number of ether oxygens (including phenoxy) is 1. The molecule has 18 heavy (non-hydrogen) atoms. The van der Waals surface area contributed by atoms with E-state index in [-0.39, 0.29) is 10.7 Å². The van der Waals surface area contributed by atoms with E-state index >= 15 is 0 Å². The number of hydrogen-bond donors (Lipinski definition) is 0. The first-order valence-electron chi connectivity index (χ1n) is 6.15. The lowest BCUT2D eigenvalue weighted by Gasteiger charge is -2.47. The van der Waals surface area contributed by atoms with Crippen LogP contribution in [0.25, 0.3) is 0 Å². The Labute approximate surface area is 110 Å². The fourth-order valence-corrected chi connectivity index (χ4v) is 4.19. The van der Waals surface area contributed by atoms with Crippen LogP contribution in [-0.4, -0.2) is 52.1 Å². The Hall–Kier alpha value is -1.01. The molecule has 0 N–H and O–H groups in total. The Kier molecular flexibility index (Phi) is 3.07. The molecule has 0 aromatic carbocycles. The molecule has 5 nitrogen and oxygen atoms in total. The van der Waals surface area contributed by atoms with Crippen molar-refractivity contribution in [3.8, 4) is 0 Å². The van der Waals surface area contributed by atoms with Gasteiger partial charge in [0.15, 0.2) is 12.1 Å². The van der Waals surface area contributed by atoms with Crippen molar-refractivity contribution in [1.29, 1.82) is 0 Å². The number of amides is 1. The molecule has 1 aromatic rings. The molecule has 0 radical (unpaired) electrons. The molecule has 1 atom stereocenters. The quantitative estimate of drug-likeness (QED) is 0.829. The van der Waals surface area contributed by atoms with Gasteiger partial charge in [-0.2, -0.15) is 0 Å². The van der Waals surface area contributed by atoms with E-state index in [4.69, 9.17) is 9.15 Å². The van der Waals surface area contributed by atoms with Crippen LogP contribution >= 0.6 is 11.8 Å². The number of carbonyl (C=O) groups is 1. The maximum absolute atomic E-state index is 12.0. The van der Waals surface area contributed by atoms with Crippen LogP contribution in [0.2, 0.25) is 0 Å². The highest BCUT2D eigenvalue weighted by molar-refractivity contribution is 8.01. The van der Waals surface area contributed by atoms with Gasteiger partial charge < -0.3 is 14.1 Å². The lowest BCUT2D eigenvalue weighted by molar-refractivity contribution is 0.0355. The fraction of sp³-hybridized carbons (Fsp3) is 0.667. The summed E-state index contributed by atoms with van der Waals surface area (Å²) in [6.45, 7) is 4.39. The van der Waals surface area contributed by atoms with E-state index in [9.17, 15) is 4.79 Å². The smallest absolute Gasteiger partial charge is 0.275 e. The van der Waals surface area contributed by atoms with Gasteiger partial charge in [-0.25, -0.2) is 4.98 Å². The van der Waals surface area contributed by atoms with Crippen LogP contribution < -0.4 is 0 Å². The van der Waals surface area contributed by atoms with Crippen molar-refractivity contribution in [2.24, 2.45) is 0 Å². The molecule has 2 aliphatic rings. The van der Waals surface area contributed by atoms with Crippen LogP contribution in [0.4, 0.5) is 0 Å². The summed E-state index contributed by atoms with van der Waals surface area (Å²) < 4.78 is 10.7. The summed E-state index contributed by atoms with van der Waals surface area (Å²) in [6.07, 6.45) is 4.09. The van der Waals surface area contributed by atoms with Crippen LogP contribution in [0.3, 0.4) is 0 Å². The van der Waals surface area contributed by atoms with E-state index in [1.54, 1.807) is 0 Å². The first-order chi connectivity index (χ1) is 8.72. The van der Waals surface area contributed by atoms with Gasteiger partial charge >= 0.3 is 0 Å². The Balaban J connectivity index is 1.56. The van der Waals surface area contributed by atoms with Gasteiger partial charge in [-0.3, -0.25) is 4.79 Å². The van der Waals surface area contributed by atoms with E-state index in [1.807, 2.05) is 23.6 Å². The first-order valence-corrected chi connectivity index (χ1v) is 7.14. The average Bonchev–Trinajstić information content (AvgIpc) is 2.95. The Morgan fingerprint density at radius 2 is 2.56 bits per heavy atom. The summed E-state index contributed by atoms with van der Waals surface area (Å²) in [5.74, 6) is 1.01.